The molecule has 2 bridgehead atoms. The molecule has 2 saturated heterocycles. The van der Waals surface area contributed by atoms with Gasteiger partial charge in [0.15, 0.2) is 0 Å². The summed E-state index contributed by atoms with van der Waals surface area (Å²) in [6, 6.07) is 0. The number of rotatable bonds is 0. The lowest BCUT2D eigenvalue weighted by atomic mass is 9.75. The molecular weight excluding hydrogens is 256 g/mol. The molecule has 0 radical (unpaired) electrons. The first-order valence-electron chi connectivity index (χ1n) is 7.37. The Labute approximate surface area is 118 Å². The van der Waals surface area contributed by atoms with Crippen LogP contribution in [0.5, 0.6) is 0 Å². The molecule has 2 aliphatic carbocycles. The summed E-state index contributed by atoms with van der Waals surface area (Å²) in [4.78, 5) is 24.6. The van der Waals surface area contributed by atoms with Crippen LogP contribution < -0.4 is 0 Å². The summed E-state index contributed by atoms with van der Waals surface area (Å²) in [7, 11) is 0. The number of fused-ring (bicyclic) bond motifs is 4. The highest BCUT2D eigenvalue weighted by molar-refractivity contribution is 5.83. The minimum atomic E-state index is -0.341. The second-order valence-electron chi connectivity index (χ2n) is 5.97. The van der Waals surface area contributed by atoms with E-state index in [0.29, 0.717) is 24.0 Å². The monoisotopic (exact) mass is 276 g/mol. The van der Waals surface area contributed by atoms with Gasteiger partial charge in [-0.1, -0.05) is 13.2 Å². The molecule has 4 aliphatic rings. The fraction of sp³-hybridized carbons (Fsp3) is 0.625. The number of ether oxygens (including phenoxy) is 2. The van der Waals surface area contributed by atoms with Gasteiger partial charge in [-0.2, -0.15) is 0 Å². The van der Waals surface area contributed by atoms with Crippen molar-refractivity contribution in [1.29, 1.82) is 0 Å². The molecule has 4 rings (SSSR count). The smallest absolute Gasteiger partial charge is 0.313 e. The molecule has 4 unspecified atom stereocenters. The minimum Gasteiger partial charge on any atom is -0.458 e. The molecule has 2 saturated carbocycles. The molecule has 4 nitrogen and oxygen atoms in total. The van der Waals surface area contributed by atoms with Gasteiger partial charge in [0, 0.05) is 0 Å². The van der Waals surface area contributed by atoms with E-state index >= 15 is 0 Å². The second-order valence-corrected chi connectivity index (χ2v) is 5.97. The summed E-state index contributed by atoms with van der Waals surface area (Å²) in [5, 5.41) is 0. The summed E-state index contributed by atoms with van der Waals surface area (Å²) in [6.07, 6.45) is 4.16. The van der Waals surface area contributed by atoms with Crippen molar-refractivity contribution < 1.29 is 19.1 Å². The SMILES string of the molecule is C=C1C(=C)C2CCC1C(=O)OC1CCCCC1OC2=O. The highest BCUT2D eigenvalue weighted by Gasteiger charge is 2.42. The Morgan fingerprint density at radius 1 is 0.750 bits per heavy atom. The van der Waals surface area contributed by atoms with Crippen LogP contribution in [0.2, 0.25) is 0 Å². The van der Waals surface area contributed by atoms with E-state index in [-0.39, 0.29) is 36.0 Å². The van der Waals surface area contributed by atoms with E-state index in [9.17, 15) is 9.59 Å². The molecular formula is C16H20O4. The van der Waals surface area contributed by atoms with Gasteiger partial charge >= 0.3 is 11.9 Å². The van der Waals surface area contributed by atoms with E-state index in [2.05, 4.69) is 13.2 Å². The zero-order valence-electron chi connectivity index (χ0n) is 11.6. The maximum atomic E-state index is 12.3. The zero-order chi connectivity index (χ0) is 14.3. The van der Waals surface area contributed by atoms with Crippen LogP contribution in [0.15, 0.2) is 24.3 Å². The molecule has 4 atom stereocenters. The van der Waals surface area contributed by atoms with Crippen LogP contribution in [0.4, 0.5) is 0 Å². The van der Waals surface area contributed by atoms with Crippen molar-refractivity contribution in [3.63, 3.8) is 0 Å². The summed E-state index contributed by atoms with van der Waals surface area (Å²) in [5.41, 5.74) is 1.27. The van der Waals surface area contributed by atoms with Crippen molar-refractivity contribution >= 4 is 11.9 Å². The van der Waals surface area contributed by atoms with Crippen molar-refractivity contribution in [2.24, 2.45) is 11.8 Å². The first kappa shape index (κ1) is 13.4. The molecule has 0 N–H and O–H groups in total. The first-order valence-corrected chi connectivity index (χ1v) is 7.37. The predicted octanol–water partition coefficient (Wildman–Crippen LogP) is 2.54. The summed E-state index contributed by atoms with van der Waals surface area (Å²) in [6.45, 7) is 7.87. The van der Waals surface area contributed by atoms with E-state index in [0.717, 1.165) is 25.7 Å². The Balaban J connectivity index is 1.91. The van der Waals surface area contributed by atoms with Gasteiger partial charge in [0.1, 0.15) is 12.2 Å². The molecule has 0 spiro atoms. The van der Waals surface area contributed by atoms with E-state index in [4.69, 9.17) is 9.47 Å². The average molecular weight is 276 g/mol. The topological polar surface area (TPSA) is 52.6 Å². The second kappa shape index (κ2) is 5.08. The zero-order valence-corrected chi connectivity index (χ0v) is 11.6. The Bertz CT molecular complexity index is 435. The third kappa shape index (κ3) is 2.17. The molecule has 108 valence electrons. The molecule has 0 aromatic heterocycles. The summed E-state index contributed by atoms with van der Waals surface area (Å²) in [5.74, 6) is -1.15. The van der Waals surface area contributed by atoms with Crippen LogP contribution in [0.25, 0.3) is 0 Å². The van der Waals surface area contributed by atoms with Gasteiger partial charge in [-0.25, -0.2) is 0 Å². The molecule has 2 aliphatic heterocycles. The number of carbonyl (C=O) groups is 2. The Kier molecular flexibility index (Phi) is 3.40. The molecule has 4 fully saturated rings. The first-order chi connectivity index (χ1) is 9.58. The maximum Gasteiger partial charge on any atom is 0.313 e. The maximum absolute atomic E-state index is 12.3. The van der Waals surface area contributed by atoms with E-state index in [1.165, 1.54) is 0 Å². The van der Waals surface area contributed by atoms with Crippen LogP contribution in [0.3, 0.4) is 0 Å². The Morgan fingerprint density at radius 3 is 1.55 bits per heavy atom. The van der Waals surface area contributed by atoms with Gasteiger partial charge in [-0.3, -0.25) is 9.59 Å². The fourth-order valence-corrected chi connectivity index (χ4v) is 3.44. The lowest BCUT2D eigenvalue weighted by Gasteiger charge is -2.38. The van der Waals surface area contributed by atoms with Crippen LogP contribution >= 0.6 is 0 Å². The quantitative estimate of drug-likeness (QED) is 0.638. The third-order valence-corrected chi connectivity index (χ3v) is 4.74. The Morgan fingerprint density at radius 2 is 1.15 bits per heavy atom. The van der Waals surface area contributed by atoms with Gasteiger partial charge in [0.25, 0.3) is 0 Å². The van der Waals surface area contributed by atoms with Crippen molar-refractivity contribution in [2.75, 3.05) is 0 Å². The number of carbonyl (C=O) groups excluding carboxylic acids is 2. The standard InChI is InChI=1S/C16H20O4/c1-9-10(2)12-8-7-11(9)15(17)19-13-5-3-4-6-14(13)20-16(12)18/h11-14H,1-8H2. The Hall–Kier alpha value is -1.58. The van der Waals surface area contributed by atoms with Crippen molar-refractivity contribution in [3.05, 3.63) is 24.3 Å². The average Bonchev–Trinajstić information content (AvgIpc) is 2.43. The van der Waals surface area contributed by atoms with Gasteiger partial charge in [0.2, 0.25) is 0 Å². The van der Waals surface area contributed by atoms with Gasteiger partial charge in [-0.15, -0.1) is 0 Å². The molecule has 0 aromatic carbocycles. The van der Waals surface area contributed by atoms with Crippen LogP contribution in [0, 0.1) is 11.8 Å². The molecule has 0 aromatic rings. The van der Waals surface area contributed by atoms with E-state index in [1.807, 2.05) is 0 Å². The van der Waals surface area contributed by atoms with E-state index in [1.54, 1.807) is 0 Å². The van der Waals surface area contributed by atoms with Gasteiger partial charge in [-0.05, 0) is 49.7 Å². The summed E-state index contributed by atoms with van der Waals surface area (Å²) < 4.78 is 11.2. The van der Waals surface area contributed by atoms with Crippen LogP contribution in [-0.2, 0) is 19.1 Å². The number of esters is 2. The van der Waals surface area contributed by atoms with Gasteiger partial charge in [0.05, 0.1) is 11.8 Å². The predicted molar refractivity (Wildman–Crippen MR) is 72.7 cm³/mol. The van der Waals surface area contributed by atoms with Crippen LogP contribution in [-0.4, -0.2) is 24.1 Å². The van der Waals surface area contributed by atoms with Crippen molar-refractivity contribution in [2.45, 2.75) is 50.7 Å². The normalized spacial score (nSPS) is 38.0. The number of hydrogen-bond acceptors (Lipinski definition) is 4. The number of hydrogen-bond donors (Lipinski definition) is 0. The lowest BCUT2D eigenvalue weighted by Crippen LogP contribution is -2.44. The largest absolute Gasteiger partial charge is 0.458 e. The molecule has 2 heterocycles. The molecule has 4 heteroatoms. The lowest BCUT2D eigenvalue weighted by molar-refractivity contribution is -0.179. The molecule has 20 heavy (non-hydrogen) atoms. The molecule has 0 amide bonds. The highest BCUT2D eigenvalue weighted by Crippen LogP contribution is 2.40. The summed E-state index contributed by atoms with van der Waals surface area (Å²) >= 11 is 0. The van der Waals surface area contributed by atoms with E-state index < -0.39 is 0 Å². The van der Waals surface area contributed by atoms with Crippen molar-refractivity contribution in [3.8, 4) is 0 Å². The van der Waals surface area contributed by atoms with Crippen molar-refractivity contribution in [1.82, 2.24) is 0 Å². The highest BCUT2D eigenvalue weighted by atomic mass is 16.6. The van der Waals surface area contributed by atoms with Crippen LogP contribution in [0.1, 0.15) is 38.5 Å². The third-order valence-electron chi connectivity index (χ3n) is 4.74. The van der Waals surface area contributed by atoms with Gasteiger partial charge < -0.3 is 9.47 Å². The fourth-order valence-electron chi connectivity index (χ4n) is 3.44. The minimum absolute atomic E-state index is 0.232.